The second-order valence-electron chi connectivity index (χ2n) is 4.77. The number of aliphatic hydroxyl groups excluding tert-OH is 1. The molecule has 0 spiro atoms. The Balaban J connectivity index is 2.23. The Hall–Kier alpha value is 0.310. The molecule has 12 heavy (non-hydrogen) atoms. The van der Waals surface area contributed by atoms with Crippen LogP contribution in [0.1, 0.15) is 33.1 Å². The highest BCUT2D eigenvalue weighted by Crippen LogP contribution is 2.76. The number of fused-ring (bicyclic) bond motifs is 1. The minimum Gasteiger partial charge on any atom is -0.392 e. The summed E-state index contributed by atoms with van der Waals surface area (Å²) >= 11 is 4.38. The summed E-state index contributed by atoms with van der Waals surface area (Å²) < 4.78 is 0. The standard InChI is InChI=1S/C10H18OS/c1-3-7-4-8(11)10(6-12)5-9(7,10)2/h7-8,11-12H,3-6H2,1-2H3. The SMILES string of the molecule is CCC1CC(O)C2(CS)CC12C. The van der Waals surface area contributed by atoms with E-state index in [0.29, 0.717) is 5.41 Å². The van der Waals surface area contributed by atoms with Gasteiger partial charge in [0.15, 0.2) is 0 Å². The molecule has 2 aliphatic carbocycles. The van der Waals surface area contributed by atoms with Crippen LogP contribution in [0.3, 0.4) is 0 Å². The van der Waals surface area contributed by atoms with Crippen molar-refractivity contribution in [2.45, 2.75) is 39.2 Å². The molecule has 0 aromatic carbocycles. The van der Waals surface area contributed by atoms with Gasteiger partial charge in [-0.2, -0.15) is 12.6 Å². The van der Waals surface area contributed by atoms with E-state index >= 15 is 0 Å². The molecule has 0 aliphatic heterocycles. The molecule has 4 atom stereocenters. The molecule has 0 aromatic rings. The second kappa shape index (κ2) is 2.42. The van der Waals surface area contributed by atoms with Gasteiger partial charge in [-0.15, -0.1) is 0 Å². The quantitative estimate of drug-likeness (QED) is 0.633. The van der Waals surface area contributed by atoms with Crippen molar-refractivity contribution in [1.82, 2.24) is 0 Å². The summed E-state index contributed by atoms with van der Waals surface area (Å²) in [6.45, 7) is 4.56. The van der Waals surface area contributed by atoms with E-state index < -0.39 is 0 Å². The Labute approximate surface area is 80.0 Å². The van der Waals surface area contributed by atoms with Gasteiger partial charge in [0, 0.05) is 5.41 Å². The average molecular weight is 186 g/mol. The molecular weight excluding hydrogens is 168 g/mol. The van der Waals surface area contributed by atoms with E-state index in [9.17, 15) is 5.11 Å². The van der Waals surface area contributed by atoms with Gasteiger partial charge in [0.05, 0.1) is 6.10 Å². The summed E-state index contributed by atoms with van der Waals surface area (Å²) in [7, 11) is 0. The third kappa shape index (κ3) is 0.759. The van der Waals surface area contributed by atoms with Crippen LogP contribution in [-0.4, -0.2) is 17.0 Å². The van der Waals surface area contributed by atoms with Crippen molar-refractivity contribution in [3.8, 4) is 0 Å². The van der Waals surface area contributed by atoms with Gasteiger partial charge in [0.1, 0.15) is 0 Å². The third-order valence-electron chi connectivity index (χ3n) is 4.52. The molecule has 0 saturated heterocycles. The predicted molar refractivity (Wildman–Crippen MR) is 53.4 cm³/mol. The first kappa shape index (κ1) is 8.89. The van der Waals surface area contributed by atoms with Crippen LogP contribution in [0.15, 0.2) is 0 Å². The summed E-state index contributed by atoms with van der Waals surface area (Å²) in [4.78, 5) is 0. The third-order valence-corrected chi connectivity index (χ3v) is 5.08. The number of thiol groups is 1. The van der Waals surface area contributed by atoms with E-state index in [4.69, 9.17) is 0 Å². The molecule has 0 heterocycles. The molecule has 2 fully saturated rings. The number of rotatable bonds is 2. The van der Waals surface area contributed by atoms with Gasteiger partial charge >= 0.3 is 0 Å². The minimum absolute atomic E-state index is 0.0788. The van der Waals surface area contributed by atoms with E-state index in [1.54, 1.807) is 0 Å². The first-order valence-electron chi connectivity index (χ1n) is 4.89. The summed E-state index contributed by atoms with van der Waals surface area (Å²) in [5.74, 6) is 1.60. The van der Waals surface area contributed by atoms with Crippen molar-refractivity contribution in [2.75, 3.05) is 5.75 Å². The molecule has 4 unspecified atom stereocenters. The minimum atomic E-state index is -0.0788. The fourth-order valence-electron chi connectivity index (χ4n) is 3.37. The smallest absolute Gasteiger partial charge is 0.0612 e. The summed E-state index contributed by atoms with van der Waals surface area (Å²) in [5.41, 5.74) is 0.611. The molecule has 0 amide bonds. The van der Waals surface area contributed by atoms with Crippen molar-refractivity contribution in [2.24, 2.45) is 16.7 Å². The zero-order chi connectivity index (χ0) is 8.98. The summed E-state index contributed by atoms with van der Waals surface area (Å²) in [5, 5.41) is 9.91. The Morgan fingerprint density at radius 1 is 1.58 bits per heavy atom. The maximum atomic E-state index is 9.91. The highest BCUT2D eigenvalue weighted by atomic mass is 32.1. The molecule has 70 valence electrons. The van der Waals surface area contributed by atoms with Crippen LogP contribution in [0.25, 0.3) is 0 Å². The summed E-state index contributed by atoms with van der Waals surface area (Å²) in [6.07, 6.45) is 3.34. The van der Waals surface area contributed by atoms with Gasteiger partial charge in [-0.25, -0.2) is 0 Å². The Morgan fingerprint density at radius 2 is 2.25 bits per heavy atom. The lowest BCUT2D eigenvalue weighted by Crippen LogP contribution is -2.21. The van der Waals surface area contributed by atoms with Crippen molar-refractivity contribution in [3.63, 3.8) is 0 Å². The van der Waals surface area contributed by atoms with E-state index in [2.05, 4.69) is 26.5 Å². The Kier molecular flexibility index (Phi) is 1.79. The van der Waals surface area contributed by atoms with Crippen molar-refractivity contribution in [3.05, 3.63) is 0 Å². The maximum Gasteiger partial charge on any atom is 0.0612 e. The molecule has 0 aromatic heterocycles. The van der Waals surface area contributed by atoms with Crippen LogP contribution in [0.4, 0.5) is 0 Å². The van der Waals surface area contributed by atoms with E-state index in [-0.39, 0.29) is 11.5 Å². The van der Waals surface area contributed by atoms with Crippen LogP contribution in [0, 0.1) is 16.7 Å². The lowest BCUT2D eigenvalue weighted by atomic mass is 9.88. The topological polar surface area (TPSA) is 20.2 Å². The highest BCUT2D eigenvalue weighted by Gasteiger charge is 2.73. The molecule has 1 N–H and O–H groups in total. The van der Waals surface area contributed by atoms with Gasteiger partial charge in [-0.3, -0.25) is 0 Å². The normalized spacial score (nSPS) is 57.0. The first-order chi connectivity index (χ1) is 5.60. The fraction of sp³-hybridized carbons (Fsp3) is 1.00. The van der Waals surface area contributed by atoms with Gasteiger partial charge in [-0.05, 0) is 29.9 Å². The molecule has 1 nitrogen and oxygen atoms in total. The average Bonchev–Trinajstić information content (AvgIpc) is 2.63. The second-order valence-corrected chi connectivity index (χ2v) is 5.08. The zero-order valence-electron chi connectivity index (χ0n) is 7.88. The number of hydrogen-bond acceptors (Lipinski definition) is 2. The predicted octanol–water partition coefficient (Wildman–Crippen LogP) is 2.10. The largest absolute Gasteiger partial charge is 0.392 e. The first-order valence-corrected chi connectivity index (χ1v) is 5.53. The van der Waals surface area contributed by atoms with Gasteiger partial charge < -0.3 is 5.11 Å². The molecule has 0 radical (unpaired) electrons. The van der Waals surface area contributed by atoms with Crippen molar-refractivity contribution < 1.29 is 5.11 Å². The van der Waals surface area contributed by atoms with Crippen LogP contribution in [0.2, 0.25) is 0 Å². The monoisotopic (exact) mass is 186 g/mol. The van der Waals surface area contributed by atoms with Gasteiger partial charge in [0.2, 0.25) is 0 Å². The molecule has 2 heteroatoms. The van der Waals surface area contributed by atoms with E-state index in [0.717, 1.165) is 18.1 Å². The number of aliphatic hydroxyl groups is 1. The maximum absolute atomic E-state index is 9.91. The zero-order valence-corrected chi connectivity index (χ0v) is 8.77. The van der Waals surface area contributed by atoms with Crippen LogP contribution in [-0.2, 0) is 0 Å². The molecule has 2 saturated carbocycles. The molecular formula is C10H18OS. The molecule has 0 bridgehead atoms. The summed E-state index contributed by atoms with van der Waals surface area (Å²) in [6, 6.07) is 0. The number of hydrogen-bond donors (Lipinski definition) is 2. The van der Waals surface area contributed by atoms with E-state index in [1.165, 1.54) is 12.8 Å². The van der Waals surface area contributed by atoms with Crippen LogP contribution in [0.5, 0.6) is 0 Å². The van der Waals surface area contributed by atoms with E-state index in [1.807, 2.05) is 0 Å². The van der Waals surface area contributed by atoms with Crippen molar-refractivity contribution in [1.29, 1.82) is 0 Å². The lowest BCUT2D eigenvalue weighted by molar-refractivity contribution is 0.111. The highest BCUT2D eigenvalue weighted by molar-refractivity contribution is 7.80. The Bertz CT molecular complexity index is 206. The molecule has 2 aliphatic rings. The van der Waals surface area contributed by atoms with Crippen molar-refractivity contribution >= 4 is 12.6 Å². The van der Waals surface area contributed by atoms with Gasteiger partial charge in [0.25, 0.3) is 0 Å². The van der Waals surface area contributed by atoms with Crippen LogP contribution >= 0.6 is 12.6 Å². The van der Waals surface area contributed by atoms with Crippen LogP contribution < -0.4 is 0 Å². The lowest BCUT2D eigenvalue weighted by Gasteiger charge is -2.17. The Morgan fingerprint density at radius 3 is 2.50 bits per heavy atom. The van der Waals surface area contributed by atoms with Gasteiger partial charge in [-0.1, -0.05) is 20.3 Å². The molecule has 2 rings (SSSR count). The fourth-order valence-corrected chi connectivity index (χ4v) is 4.06.